The standard InChI is InChI=1S/C14H13FO3S/c15-12-5-4-8-14(11-12)19(16,17)10-9-18-13-6-2-1-3-7-13/h1-8,11H,9-10H2. The lowest BCUT2D eigenvalue weighted by Crippen LogP contribution is -2.14. The molecule has 0 atom stereocenters. The average Bonchev–Trinajstić information content (AvgIpc) is 2.40. The lowest BCUT2D eigenvalue weighted by Gasteiger charge is -2.07. The van der Waals surface area contributed by atoms with Gasteiger partial charge in [0.25, 0.3) is 0 Å². The number of benzene rings is 2. The monoisotopic (exact) mass is 280 g/mol. The summed E-state index contributed by atoms with van der Waals surface area (Å²) in [7, 11) is -3.52. The summed E-state index contributed by atoms with van der Waals surface area (Å²) >= 11 is 0. The minimum atomic E-state index is -3.52. The molecule has 2 rings (SSSR count). The van der Waals surface area contributed by atoms with Crippen LogP contribution in [0.4, 0.5) is 4.39 Å². The number of hydrogen-bond acceptors (Lipinski definition) is 3. The Morgan fingerprint density at radius 1 is 1.00 bits per heavy atom. The molecule has 0 heterocycles. The van der Waals surface area contributed by atoms with Crippen molar-refractivity contribution < 1.29 is 17.5 Å². The highest BCUT2D eigenvalue weighted by atomic mass is 32.2. The first-order valence-electron chi connectivity index (χ1n) is 5.74. The van der Waals surface area contributed by atoms with Crippen molar-refractivity contribution in [1.29, 1.82) is 0 Å². The van der Waals surface area contributed by atoms with E-state index in [0.717, 1.165) is 6.07 Å². The van der Waals surface area contributed by atoms with E-state index in [2.05, 4.69) is 0 Å². The van der Waals surface area contributed by atoms with Crippen molar-refractivity contribution in [3.8, 4) is 5.75 Å². The molecule has 3 nitrogen and oxygen atoms in total. The van der Waals surface area contributed by atoms with Crippen molar-refractivity contribution in [2.75, 3.05) is 12.4 Å². The van der Waals surface area contributed by atoms with Gasteiger partial charge in [-0.1, -0.05) is 24.3 Å². The largest absolute Gasteiger partial charge is 0.493 e. The quantitative estimate of drug-likeness (QED) is 0.845. The smallest absolute Gasteiger partial charge is 0.181 e. The Hall–Kier alpha value is -1.88. The molecule has 0 N–H and O–H groups in total. The van der Waals surface area contributed by atoms with Gasteiger partial charge in [0, 0.05) is 0 Å². The van der Waals surface area contributed by atoms with Crippen LogP contribution >= 0.6 is 0 Å². The van der Waals surface area contributed by atoms with E-state index in [-0.39, 0.29) is 17.3 Å². The van der Waals surface area contributed by atoms with Gasteiger partial charge in [-0.25, -0.2) is 12.8 Å². The summed E-state index contributed by atoms with van der Waals surface area (Å²) in [6, 6.07) is 13.9. The molecule has 19 heavy (non-hydrogen) atoms. The Morgan fingerprint density at radius 2 is 1.74 bits per heavy atom. The molecule has 2 aromatic rings. The first kappa shape index (κ1) is 13.5. The molecule has 0 amide bonds. The summed E-state index contributed by atoms with van der Waals surface area (Å²) in [6.45, 7) is 0.0306. The van der Waals surface area contributed by atoms with Crippen LogP contribution in [0.2, 0.25) is 0 Å². The van der Waals surface area contributed by atoms with Gasteiger partial charge in [0.2, 0.25) is 0 Å². The molecule has 0 spiro atoms. The second-order valence-corrected chi connectivity index (χ2v) is 6.05. The molecule has 0 saturated heterocycles. The molecular formula is C14H13FO3S. The second kappa shape index (κ2) is 5.84. The zero-order chi connectivity index (χ0) is 13.7. The first-order valence-corrected chi connectivity index (χ1v) is 7.39. The topological polar surface area (TPSA) is 43.4 Å². The van der Waals surface area contributed by atoms with Crippen molar-refractivity contribution >= 4 is 9.84 Å². The van der Waals surface area contributed by atoms with Gasteiger partial charge in [-0.05, 0) is 30.3 Å². The maximum atomic E-state index is 13.0. The van der Waals surface area contributed by atoms with E-state index in [1.807, 2.05) is 6.07 Å². The Labute approximate surface area is 111 Å². The first-order chi connectivity index (χ1) is 9.08. The van der Waals surface area contributed by atoms with Gasteiger partial charge in [-0.3, -0.25) is 0 Å². The van der Waals surface area contributed by atoms with Crippen molar-refractivity contribution in [1.82, 2.24) is 0 Å². The molecule has 100 valence electrons. The summed E-state index contributed by atoms with van der Waals surface area (Å²) in [5, 5.41) is 0. The van der Waals surface area contributed by atoms with E-state index < -0.39 is 15.7 Å². The fourth-order valence-electron chi connectivity index (χ4n) is 1.56. The molecular weight excluding hydrogens is 267 g/mol. The number of sulfone groups is 1. The molecule has 2 aromatic carbocycles. The van der Waals surface area contributed by atoms with E-state index in [9.17, 15) is 12.8 Å². The Kier molecular flexibility index (Phi) is 4.16. The van der Waals surface area contributed by atoms with Gasteiger partial charge in [0.15, 0.2) is 9.84 Å². The number of para-hydroxylation sites is 1. The van der Waals surface area contributed by atoms with Crippen LogP contribution in [0.3, 0.4) is 0 Å². The molecule has 0 unspecified atom stereocenters. The summed E-state index contributed by atoms with van der Waals surface area (Å²) in [6.07, 6.45) is 0. The number of rotatable bonds is 5. The van der Waals surface area contributed by atoms with E-state index >= 15 is 0 Å². The van der Waals surface area contributed by atoms with E-state index in [1.54, 1.807) is 24.3 Å². The number of halogens is 1. The van der Waals surface area contributed by atoms with Gasteiger partial charge in [0.1, 0.15) is 18.2 Å². The minimum Gasteiger partial charge on any atom is -0.493 e. The highest BCUT2D eigenvalue weighted by molar-refractivity contribution is 7.91. The molecule has 0 saturated carbocycles. The summed E-state index contributed by atoms with van der Waals surface area (Å²) in [5.41, 5.74) is 0. The van der Waals surface area contributed by atoms with Crippen LogP contribution in [0, 0.1) is 5.82 Å². The minimum absolute atomic E-state index is 0.0239. The van der Waals surface area contributed by atoms with E-state index in [0.29, 0.717) is 5.75 Å². The molecule has 0 bridgehead atoms. The number of hydrogen-bond donors (Lipinski definition) is 0. The Balaban J connectivity index is 1.99. The van der Waals surface area contributed by atoms with Crippen LogP contribution in [0.25, 0.3) is 0 Å². The summed E-state index contributed by atoms with van der Waals surface area (Å²) < 4.78 is 42.2. The highest BCUT2D eigenvalue weighted by Crippen LogP contribution is 2.13. The van der Waals surface area contributed by atoms with Crippen molar-refractivity contribution in [2.45, 2.75) is 4.90 Å². The average molecular weight is 280 g/mol. The molecule has 0 radical (unpaired) electrons. The normalized spacial score (nSPS) is 11.2. The molecule has 0 aliphatic rings. The van der Waals surface area contributed by atoms with Gasteiger partial charge in [-0.2, -0.15) is 0 Å². The zero-order valence-corrected chi connectivity index (χ0v) is 10.9. The van der Waals surface area contributed by atoms with Gasteiger partial charge >= 0.3 is 0 Å². The van der Waals surface area contributed by atoms with Gasteiger partial charge in [-0.15, -0.1) is 0 Å². The van der Waals surface area contributed by atoms with Gasteiger partial charge in [0.05, 0.1) is 10.6 Å². The third-order valence-corrected chi connectivity index (χ3v) is 4.20. The maximum absolute atomic E-state index is 13.0. The Morgan fingerprint density at radius 3 is 2.42 bits per heavy atom. The van der Waals surface area contributed by atoms with Crippen LogP contribution in [-0.2, 0) is 9.84 Å². The van der Waals surface area contributed by atoms with Gasteiger partial charge < -0.3 is 4.74 Å². The van der Waals surface area contributed by atoms with Crippen molar-refractivity contribution in [3.63, 3.8) is 0 Å². The van der Waals surface area contributed by atoms with E-state index in [1.165, 1.54) is 18.2 Å². The van der Waals surface area contributed by atoms with Crippen molar-refractivity contribution in [2.24, 2.45) is 0 Å². The zero-order valence-electron chi connectivity index (χ0n) is 10.1. The molecule has 0 aromatic heterocycles. The predicted molar refractivity (Wildman–Crippen MR) is 70.4 cm³/mol. The Bertz CT molecular complexity index is 639. The highest BCUT2D eigenvalue weighted by Gasteiger charge is 2.15. The lowest BCUT2D eigenvalue weighted by molar-refractivity contribution is 0.341. The summed E-state index contributed by atoms with van der Waals surface area (Å²) in [5.74, 6) is -0.146. The van der Waals surface area contributed by atoms with Crippen LogP contribution in [0.5, 0.6) is 5.75 Å². The summed E-state index contributed by atoms with van der Waals surface area (Å²) in [4.78, 5) is -0.0239. The number of ether oxygens (including phenoxy) is 1. The second-order valence-electron chi connectivity index (χ2n) is 3.94. The van der Waals surface area contributed by atoms with Crippen LogP contribution in [0.1, 0.15) is 0 Å². The SMILES string of the molecule is O=S(=O)(CCOc1ccccc1)c1cccc(F)c1. The third-order valence-electron chi connectivity index (χ3n) is 2.52. The van der Waals surface area contributed by atoms with Crippen LogP contribution in [0.15, 0.2) is 59.5 Å². The predicted octanol–water partition coefficient (Wildman–Crippen LogP) is 2.68. The lowest BCUT2D eigenvalue weighted by atomic mass is 10.3. The van der Waals surface area contributed by atoms with Crippen molar-refractivity contribution in [3.05, 3.63) is 60.4 Å². The third kappa shape index (κ3) is 3.79. The fourth-order valence-corrected chi connectivity index (χ4v) is 2.68. The maximum Gasteiger partial charge on any atom is 0.181 e. The molecule has 0 aliphatic heterocycles. The van der Waals surface area contributed by atoms with Crippen LogP contribution < -0.4 is 4.74 Å². The van der Waals surface area contributed by atoms with Crippen LogP contribution in [-0.4, -0.2) is 20.8 Å². The van der Waals surface area contributed by atoms with E-state index in [4.69, 9.17) is 4.74 Å². The molecule has 0 aliphatic carbocycles. The molecule has 0 fully saturated rings. The molecule has 5 heteroatoms. The fraction of sp³-hybridized carbons (Fsp3) is 0.143.